The molecule has 2 aromatic carbocycles. The van der Waals surface area contributed by atoms with E-state index in [0.717, 1.165) is 11.3 Å². The van der Waals surface area contributed by atoms with Gasteiger partial charge in [-0.1, -0.05) is 23.9 Å². The quantitative estimate of drug-likeness (QED) is 0.486. The highest BCUT2D eigenvalue weighted by Crippen LogP contribution is 2.24. The maximum absolute atomic E-state index is 12.2. The Hall–Kier alpha value is -3.13. The number of aromatic nitrogens is 3. The molecule has 8 heteroatoms. The van der Waals surface area contributed by atoms with Gasteiger partial charge in [0.2, 0.25) is 5.91 Å². The predicted molar refractivity (Wildman–Crippen MR) is 109 cm³/mol. The lowest BCUT2D eigenvalue weighted by Gasteiger charge is -2.07. The molecule has 0 atom stereocenters. The first-order chi connectivity index (χ1) is 13.5. The summed E-state index contributed by atoms with van der Waals surface area (Å²) in [6.45, 7) is 1.49. The zero-order valence-electron chi connectivity index (χ0n) is 15.8. The number of nitrogens with one attached hydrogen (secondary N) is 1. The van der Waals surface area contributed by atoms with Gasteiger partial charge in [0.15, 0.2) is 16.8 Å². The van der Waals surface area contributed by atoms with Gasteiger partial charge in [-0.25, -0.2) is 0 Å². The Balaban J connectivity index is 1.63. The second-order valence-corrected chi connectivity index (χ2v) is 7.01. The molecule has 0 aliphatic rings. The summed E-state index contributed by atoms with van der Waals surface area (Å²) in [5.74, 6) is 1.43. The summed E-state index contributed by atoms with van der Waals surface area (Å²) in [6, 6.07) is 14.4. The number of nitrogens with zero attached hydrogens (tertiary/aromatic N) is 3. The highest BCUT2D eigenvalue weighted by Gasteiger charge is 2.13. The first-order valence-corrected chi connectivity index (χ1v) is 9.54. The molecule has 144 valence electrons. The SMILES string of the molecule is COc1ccc(-c2nnc(SCC(=O)Nc3cccc(C(C)=O)c3)n2C)cc1. The molecule has 0 unspecified atom stereocenters. The summed E-state index contributed by atoms with van der Waals surface area (Å²) >= 11 is 1.29. The second-order valence-electron chi connectivity index (χ2n) is 6.07. The van der Waals surface area contributed by atoms with Crippen LogP contribution in [0.3, 0.4) is 0 Å². The number of carbonyl (C=O) groups is 2. The second kappa shape index (κ2) is 8.71. The van der Waals surface area contributed by atoms with Gasteiger partial charge in [-0.2, -0.15) is 0 Å². The molecule has 1 amide bonds. The van der Waals surface area contributed by atoms with Crippen LogP contribution in [0.2, 0.25) is 0 Å². The summed E-state index contributed by atoms with van der Waals surface area (Å²) in [4.78, 5) is 23.7. The molecule has 28 heavy (non-hydrogen) atoms. The van der Waals surface area contributed by atoms with E-state index in [0.29, 0.717) is 22.2 Å². The lowest BCUT2D eigenvalue weighted by molar-refractivity contribution is -0.113. The minimum absolute atomic E-state index is 0.0457. The van der Waals surface area contributed by atoms with Crippen LogP contribution in [0.5, 0.6) is 5.75 Å². The molecule has 1 aromatic heterocycles. The van der Waals surface area contributed by atoms with Crippen molar-refractivity contribution in [2.24, 2.45) is 7.05 Å². The number of ketones is 1. The number of methoxy groups -OCH3 is 1. The number of hydrogen-bond donors (Lipinski definition) is 1. The molecule has 0 bridgehead atoms. The zero-order chi connectivity index (χ0) is 20.1. The van der Waals surface area contributed by atoms with Crippen molar-refractivity contribution in [3.05, 3.63) is 54.1 Å². The van der Waals surface area contributed by atoms with Gasteiger partial charge in [0, 0.05) is 23.9 Å². The van der Waals surface area contributed by atoms with E-state index in [9.17, 15) is 9.59 Å². The van der Waals surface area contributed by atoms with Crippen LogP contribution in [0.15, 0.2) is 53.7 Å². The fourth-order valence-corrected chi connectivity index (χ4v) is 3.29. The Morgan fingerprint density at radius 2 is 1.89 bits per heavy atom. The largest absolute Gasteiger partial charge is 0.497 e. The van der Waals surface area contributed by atoms with Crippen molar-refractivity contribution in [1.29, 1.82) is 0 Å². The molecule has 1 N–H and O–H groups in total. The molecule has 0 aliphatic heterocycles. The van der Waals surface area contributed by atoms with Crippen molar-refractivity contribution in [3.8, 4) is 17.1 Å². The van der Waals surface area contributed by atoms with Crippen LogP contribution in [0.4, 0.5) is 5.69 Å². The highest BCUT2D eigenvalue weighted by molar-refractivity contribution is 7.99. The third kappa shape index (κ3) is 4.58. The number of amides is 1. The van der Waals surface area contributed by atoms with Gasteiger partial charge >= 0.3 is 0 Å². The zero-order valence-corrected chi connectivity index (χ0v) is 16.6. The Labute approximate surface area is 167 Å². The maximum Gasteiger partial charge on any atom is 0.234 e. The Kier molecular flexibility index (Phi) is 6.10. The Morgan fingerprint density at radius 1 is 1.14 bits per heavy atom. The molecule has 0 radical (unpaired) electrons. The van der Waals surface area contributed by atoms with Crippen LogP contribution < -0.4 is 10.1 Å². The summed E-state index contributed by atoms with van der Waals surface area (Å²) in [6.07, 6.45) is 0. The first-order valence-electron chi connectivity index (χ1n) is 8.55. The third-order valence-corrected chi connectivity index (χ3v) is 5.09. The monoisotopic (exact) mass is 396 g/mol. The van der Waals surface area contributed by atoms with Gasteiger partial charge in [0.25, 0.3) is 0 Å². The number of hydrogen-bond acceptors (Lipinski definition) is 6. The molecule has 1 heterocycles. The molecule has 0 saturated carbocycles. The van der Waals surface area contributed by atoms with Gasteiger partial charge < -0.3 is 14.6 Å². The van der Waals surface area contributed by atoms with E-state index in [4.69, 9.17) is 4.74 Å². The summed E-state index contributed by atoms with van der Waals surface area (Å²) in [7, 11) is 3.48. The number of Topliss-reactive ketones (excluding diaryl/α,β-unsaturated/α-hetero) is 1. The van der Waals surface area contributed by atoms with Gasteiger partial charge in [-0.15, -0.1) is 10.2 Å². The minimum Gasteiger partial charge on any atom is -0.497 e. The van der Waals surface area contributed by atoms with E-state index in [1.54, 1.807) is 31.4 Å². The number of anilines is 1. The molecule has 0 saturated heterocycles. The molecular formula is C20H20N4O3S. The Morgan fingerprint density at radius 3 is 2.57 bits per heavy atom. The minimum atomic E-state index is -0.181. The van der Waals surface area contributed by atoms with Gasteiger partial charge in [0.05, 0.1) is 12.9 Å². The van der Waals surface area contributed by atoms with Crippen LogP contribution in [0.1, 0.15) is 17.3 Å². The van der Waals surface area contributed by atoms with Crippen molar-refractivity contribution in [2.75, 3.05) is 18.2 Å². The fraction of sp³-hybridized carbons (Fsp3) is 0.200. The number of ether oxygens (including phenoxy) is 1. The van der Waals surface area contributed by atoms with Crippen LogP contribution in [-0.4, -0.2) is 39.3 Å². The van der Waals surface area contributed by atoms with Crippen molar-refractivity contribution >= 4 is 29.1 Å². The van der Waals surface area contributed by atoms with Crippen molar-refractivity contribution in [1.82, 2.24) is 14.8 Å². The number of thioether (sulfide) groups is 1. The number of carbonyl (C=O) groups excluding carboxylic acids is 2. The van der Waals surface area contributed by atoms with Crippen molar-refractivity contribution in [2.45, 2.75) is 12.1 Å². The maximum atomic E-state index is 12.2. The number of rotatable bonds is 7. The average Bonchev–Trinajstić information content (AvgIpc) is 3.07. The van der Waals surface area contributed by atoms with Crippen LogP contribution >= 0.6 is 11.8 Å². The summed E-state index contributed by atoms with van der Waals surface area (Å²) in [5, 5.41) is 11.8. The van der Waals surface area contributed by atoms with Crippen molar-refractivity contribution < 1.29 is 14.3 Å². The van der Waals surface area contributed by atoms with Gasteiger partial charge in [-0.3, -0.25) is 9.59 Å². The summed E-state index contributed by atoms with van der Waals surface area (Å²) in [5.41, 5.74) is 2.06. The van der Waals surface area contributed by atoms with E-state index < -0.39 is 0 Å². The molecule has 3 aromatic rings. The smallest absolute Gasteiger partial charge is 0.234 e. The number of benzene rings is 2. The molecule has 0 aliphatic carbocycles. The molecule has 0 fully saturated rings. The Bertz CT molecular complexity index is 999. The van der Waals surface area contributed by atoms with E-state index in [2.05, 4.69) is 15.5 Å². The lowest BCUT2D eigenvalue weighted by Crippen LogP contribution is -2.14. The fourth-order valence-electron chi connectivity index (χ4n) is 2.58. The molecule has 3 rings (SSSR count). The topological polar surface area (TPSA) is 86.1 Å². The van der Waals surface area contributed by atoms with Crippen molar-refractivity contribution in [3.63, 3.8) is 0 Å². The predicted octanol–water partition coefficient (Wildman–Crippen LogP) is 3.42. The molecular weight excluding hydrogens is 376 g/mol. The van der Waals surface area contributed by atoms with Crippen LogP contribution in [-0.2, 0) is 11.8 Å². The van der Waals surface area contributed by atoms with E-state index >= 15 is 0 Å². The van der Waals surface area contributed by atoms with Gasteiger partial charge in [-0.05, 0) is 43.3 Å². The summed E-state index contributed by atoms with van der Waals surface area (Å²) < 4.78 is 7.01. The van der Waals surface area contributed by atoms with Gasteiger partial charge in [0.1, 0.15) is 5.75 Å². The van der Waals surface area contributed by atoms with Crippen LogP contribution in [0.25, 0.3) is 11.4 Å². The van der Waals surface area contributed by atoms with E-state index in [1.807, 2.05) is 35.9 Å². The highest BCUT2D eigenvalue weighted by atomic mass is 32.2. The third-order valence-electron chi connectivity index (χ3n) is 4.07. The molecule has 7 nitrogen and oxygen atoms in total. The van der Waals surface area contributed by atoms with E-state index in [1.165, 1.54) is 18.7 Å². The molecule has 0 spiro atoms. The van der Waals surface area contributed by atoms with Crippen LogP contribution in [0, 0.1) is 0 Å². The van der Waals surface area contributed by atoms with E-state index in [-0.39, 0.29) is 17.4 Å². The first kappa shape index (κ1) is 19.6. The normalized spacial score (nSPS) is 10.5. The lowest BCUT2D eigenvalue weighted by atomic mass is 10.1. The average molecular weight is 396 g/mol. The standard InChI is InChI=1S/C20H20N4O3S/c1-13(25)15-5-4-6-16(11-15)21-18(26)12-28-20-23-22-19(24(20)2)14-7-9-17(27-3)10-8-14/h4-11H,12H2,1-3H3,(H,21,26).